The maximum Gasteiger partial charge on any atom is 0.0734 e. The third-order valence-corrected chi connectivity index (χ3v) is 4.50. The molecule has 1 N–H and O–H groups in total. The van der Waals surface area contributed by atoms with E-state index >= 15 is 0 Å². The number of aliphatic hydroxyl groups is 1. The first-order valence-electron chi connectivity index (χ1n) is 7.15. The van der Waals surface area contributed by atoms with E-state index in [0.29, 0.717) is 18.1 Å². The summed E-state index contributed by atoms with van der Waals surface area (Å²) in [6.07, 6.45) is 4.21. The molecule has 1 saturated heterocycles. The van der Waals surface area contributed by atoms with Crippen molar-refractivity contribution < 1.29 is 9.84 Å². The number of ether oxygens (including phenoxy) is 1. The van der Waals surface area contributed by atoms with Crippen molar-refractivity contribution in [1.29, 1.82) is 0 Å². The average Bonchev–Trinajstić information content (AvgIpc) is 2.85. The van der Waals surface area contributed by atoms with E-state index in [2.05, 4.69) is 22.9 Å². The normalized spacial score (nSPS) is 31.4. The van der Waals surface area contributed by atoms with Gasteiger partial charge in [0, 0.05) is 37.6 Å². The van der Waals surface area contributed by atoms with Gasteiger partial charge in [0.15, 0.2) is 0 Å². The van der Waals surface area contributed by atoms with Crippen molar-refractivity contribution in [3.05, 3.63) is 29.6 Å². The molecular weight excluding hydrogens is 240 g/mol. The number of morpholine rings is 1. The molecule has 4 heteroatoms. The van der Waals surface area contributed by atoms with Crippen molar-refractivity contribution in [2.24, 2.45) is 5.92 Å². The average molecular weight is 262 g/mol. The second-order valence-electron chi connectivity index (χ2n) is 5.72. The maximum atomic E-state index is 9.35. The molecule has 1 saturated carbocycles. The highest BCUT2D eigenvalue weighted by molar-refractivity contribution is 5.18. The number of hydrogen-bond donors (Lipinski definition) is 1. The Morgan fingerprint density at radius 1 is 1.47 bits per heavy atom. The molecule has 0 bridgehead atoms. The highest BCUT2D eigenvalue weighted by atomic mass is 16.5. The van der Waals surface area contributed by atoms with Crippen LogP contribution in [-0.4, -0.2) is 46.9 Å². The van der Waals surface area contributed by atoms with Crippen LogP contribution in [-0.2, 0) is 11.3 Å². The van der Waals surface area contributed by atoms with Gasteiger partial charge < -0.3 is 9.84 Å². The number of aliphatic hydroxyl groups excluding tert-OH is 1. The third kappa shape index (κ3) is 2.66. The largest absolute Gasteiger partial charge is 0.396 e. The smallest absolute Gasteiger partial charge is 0.0734 e. The van der Waals surface area contributed by atoms with Gasteiger partial charge in [-0.2, -0.15) is 0 Å². The Morgan fingerprint density at radius 2 is 2.37 bits per heavy atom. The second kappa shape index (κ2) is 5.57. The van der Waals surface area contributed by atoms with E-state index < -0.39 is 0 Å². The van der Waals surface area contributed by atoms with Gasteiger partial charge in [-0.1, -0.05) is 6.07 Å². The third-order valence-electron chi connectivity index (χ3n) is 4.50. The summed E-state index contributed by atoms with van der Waals surface area (Å²) in [7, 11) is 0. The molecule has 0 spiro atoms. The fourth-order valence-corrected chi connectivity index (χ4v) is 3.37. The lowest BCUT2D eigenvalue weighted by atomic mass is 10.1. The number of rotatable bonds is 3. The zero-order valence-electron chi connectivity index (χ0n) is 11.5. The predicted octanol–water partition coefficient (Wildman–Crippen LogP) is 1.36. The number of fused-ring (bicyclic) bond motifs is 1. The molecule has 2 heterocycles. The summed E-state index contributed by atoms with van der Waals surface area (Å²) >= 11 is 0. The molecule has 1 aliphatic heterocycles. The number of nitrogens with zero attached hydrogens (tertiary/aromatic N) is 2. The predicted molar refractivity (Wildman–Crippen MR) is 72.7 cm³/mol. The molecule has 4 nitrogen and oxygen atoms in total. The van der Waals surface area contributed by atoms with Crippen molar-refractivity contribution in [3.63, 3.8) is 0 Å². The lowest BCUT2D eigenvalue weighted by molar-refractivity contribution is -0.0591. The van der Waals surface area contributed by atoms with Gasteiger partial charge in [-0.05, 0) is 37.3 Å². The highest BCUT2D eigenvalue weighted by Gasteiger charge is 2.40. The molecule has 1 aromatic rings. The van der Waals surface area contributed by atoms with E-state index in [4.69, 9.17) is 4.74 Å². The Labute approximate surface area is 114 Å². The standard InChI is InChI=1S/C15H22N2O2/c1-11-13(3-2-4-16-11)9-17-5-6-19-15-8-12(10-18)7-14(15)17/h2-4,12,14-15,18H,5-10H2,1H3/t12-,14+,15?/m1/s1. The van der Waals surface area contributed by atoms with Crippen LogP contribution in [0.3, 0.4) is 0 Å². The van der Waals surface area contributed by atoms with Crippen LogP contribution < -0.4 is 0 Å². The van der Waals surface area contributed by atoms with Crippen LogP contribution in [0.2, 0.25) is 0 Å². The summed E-state index contributed by atoms with van der Waals surface area (Å²) in [4.78, 5) is 6.87. The van der Waals surface area contributed by atoms with Crippen LogP contribution in [0, 0.1) is 12.8 Å². The van der Waals surface area contributed by atoms with Gasteiger partial charge in [-0.15, -0.1) is 0 Å². The van der Waals surface area contributed by atoms with E-state index in [0.717, 1.165) is 38.2 Å². The lowest BCUT2D eigenvalue weighted by Crippen LogP contribution is -2.47. The number of pyridine rings is 1. The van der Waals surface area contributed by atoms with Crippen molar-refractivity contribution >= 4 is 0 Å². The van der Waals surface area contributed by atoms with Gasteiger partial charge in [-0.3, -0.25) is 9.88 Å². The quantitative estimate of drug-likeness (QED) is 0.893. The van der Waals surface area contributed by atoms with Crippen molar-refractivity contribution in [1.82, 2.24) is 9.88 Å². The van der Waals surface area contributed by atoms with Gasteiger partial charge in [0.25, 0.3) is 0 Å². The minimum atomic E-state index is 0.288. The molecule has 1 aliphatic carbocycles. The van der Waals surface area contributed by atoms with Crippen LogP contribution in [0.1, 0.15) is 24.1 Å². The highest BCUT2D eigenvalue weighted by Crippen LogP contribution is 2.34. The van der Waals surface area contributed by atoms with Gasteiger partial charge in [0.2, 0.25) is 0 Å². The second-order valence-corrected chi connectivity index (χ2v) is 5.72. The molecule has 2 fully saturated rings. The zero-order chi connectivity index (χ0) is 13.2. The number of hydrogen-bond acceptors (Lipinski definition) is 4. The summed E-state index contributed by atoms with van der Waals surface area (Å²) in [5, 5.41) is 9.35. The van der Waals surface area contributed by atoms with Gasteiger partial charge >= 0.3 is 0 Å². The van der Waals surface area contributed by atoms with Gasteiger partial charge in [0.05, 0.1) is 12.7 Å². The van der Waals surface area contributed by atoms with Crippen LogP contribution in [0.5, 0.6) is 0 Å². The van der Waals surface area contributed by atoms with Crippen LogP contribution in [0.15, 0.2) is 18.3 Å². The van der Waals surface area contributed by atoms with Crippen molar-refractivity contribution in [3.8, 4) is 0 Å². The SMILES string of the molecule is Cc1ncccc1CN1CCOC2C[C@H](CO)C[C@@H]21. The molecule has 3 atom stereocenters. The van der Waals surface area contributed by atoms with Crippen LogP contribution in [0.4, 0.5) is 0 Å². The Morgan fingerprint density at radius 3 is 3.16 bits per heavy atom. The summed E-state index contributed by atoms with van der Waals surface area (Å²) in [5.74, 6) is 0.408. The molecule has 104 valence electrons. The first kappa shape index (κ1) is 13.0. The summed E-state index contributed by atoms with van der Waals surface area (Å²) in [6.45, 7) is 5.09. The molecule has 1 aromatic heterocycles. The number of aryl methyl sites for hydroxylation is 1. The molecule has 1 unspecified atom stereocenters. The molecule has 2 aliphatic rings. The first-order valence-corrected chi connectivity index (χ1v) is 7.15. The number of aromatic nitrogens is 1. The zero-order valence-corrected chi connectivity index (χ0v) is 11.5. The Kier molecular flexibility index (Phi) is 3.82. The summed E-state index contributed by atoms with van der Waals surface area (Å²) < 4.78 is 5.86. The minimum absolute atomic E-state index is 0.288. The molecule has 0 amide bonds. The van der Waals surface area contributed by atoms with E-state index in [1.165, 1.54) is 5.56 Å². The van der Waals surface area contributed by atoms with E-state index in [1.807, 2.05) is 12.3 Å². The van der Waals surface area contributed by atoms with Gasteiger partial charge in [0.1, 0.15) is 0 Å². The lowest BCUT2D eigenvalue weighted by Gasteiger charge is -2.37. The first-order chi connectivity index (χ1) is 9.28. The molecule has 3 rings (SSSR count). The minimum Gasteiger partial charge on any atom is -0.396 e. The van der Waals surface area contributed by atoms with Crippen LogP contribution in [0.25, 0.3) is 0 Å². The Bertz CT molecular complexity index is 438. The molecule has 0 radical (unpaired) electrons. The van der Waals surface area contributed by atoms with Crippen LogP contribution >= 0.6 is 0 Å². The fourth-order valence-electron chi connectivity index (χ4n) is 3.37. The maximum absolute atomic E-state index is 9.35. The molecular formula is C15H22N2O2. The monoisotopic (exact) mass is 262 g/mol. The fraction of sp³-hybridized carbons (Fsp3) is 0.667. The Balaban J connectivity index is 1.72. The van der Waals surface area contributed by atoms with E-state index in [9.17, 15) is 5.11 Å². The molecule has 19 heavy (non-hydrogen) atoms. The topological polar surface area (TPSA) is 45.6 Å². The van der Waals surface area contributed by atoms with E-state index in [-0.39, 0.29) is 6.61 Å². The summed E-state index contributed by atoms with van der Waals surface area (Å²) in [5.41, 5.74) is 2.41. The van der Waals surface area contributed by atoms with E-state index in [1.54, 1.807) is 0 Å². The molecule has 0 aromatic carbocycles. The van der Waals surface area contributed by atoms with Crippen molar-refractivity contribution in [2.45, 2.75) is 38.5 Å². The Hall–Kier alpha value is -0.970. The summed E-state index contributed by atoms with van der Waals surface area (Å²) in [6, 6.07) is 4.63. The van der Waals surface area contributed by atoms with Gasteiger partial charge in [-0.25, -0.2) is 0 Å². The van der Waals surface area contributed by atoms with Crippen molar-refractivity contribution in [2.75, 3.05) is 19.8 Å².